The molecule has 0 aliphatic rings. The van der Waals surface area contributed by atoms with Gasteiger partial charge in [0.1, 0.15) is 10.8 Å². The van der Waals surface area contributed by atoms with Crippen molar-refractivity contribution in [3.05, 3.63) is 58.4 Å². The van der Waals surface area contributed by atoms with E-state index in [0.717, 1.165) is 5.01 Å². The number of ether oxygens (including phenoxy) is 1. The van der Waals surface area contributed by atoms with E-state index in [0.29, 0.717) is 22.6 Å². The minimum Gasteiger partial charge on any atom is -0.504 e. The van der Waals surface area contributed by atoms with Gasteiger partial charge in [-0.3, -0.25) is 4.79 Å². The van der Waals surface area contributed by atoms with Crippen LogP contribution < -0.4 is 10.1 Å². The minimum atomic E-state index is -0.239. The second-order valence-corrected chi connectivity index (χ2v) is 6.16. The molecule has 2 aromatic carbocycles. The first-order chi connectivity index (χ1) is 12.1. The van der Waals surface area contributed by atoms with Gasteiger partial charge < -0.3 is 20.3 Å². The third kappa shape index (κ3) is 3.72. The largest absolute Gasteiger partial charge is 0.504 e. The van der Waals surface area contributed by atoms with Gasteiger partial charge in [-0.25, -0.2) is 4.98 Å². The fourth-order valence-corrected chi connectivity index (χ4v) is 3.03. The normalized spacial score (nSPS) is 10.4. The van der Waals surface area contributed by atoms with Crippen LogP contribution in [-0.4, -0.2) is 28.2 Å². The number of phenols is 2. The molecule has 0 bridgehead atoms. The number of aromatic hydroxyl groups is 2. The molecule has 3 N–H and O–H groups in total. The van der Waals surface area contributed by atoms with Crippen LogP contribution in [0, 0.1) is 0 Å². The number of rotatable bonds is 5. The van der Waals surface area contributed by atoms with Crippen molar-refractivity contribution >= 4 is 17.2 Å². The van der Waals surface area contributed by atoms with E-state index in [-0.39, 0.29) is 24.0 Å². The number of amides is 1. The molecule has 0 aliphatic heterocycles. The fraction of sp³-hybridized carbons (Fsp3) is 0.111. The zero-order valence-electron chi connectivity index (χ0n) is 13.4. The number of nitrogens with zero attached hydrogens (tertiary/aromatic N) is 1. The first kappa shape index (κ1) is 16.8. The molecule has 3 rings (SSSR count). The number of benzene rings is 2. The average Bonchev–Trinajstić information content (AvgIpc) is 3.11. The standard InChI is InChI=1S/C18H16N2O4S/c1-24-16-5-3-2-4-12(16)18(23)19-9-17-20-13(10-25-17)11-6-7-14(21)15(22)8-11/h2-8,10,21-22H,9H2,1H3,(H,19,23). The summed E-state index contributed by atoms with van der Waals surface area (Å²) in [5.41, 5.74) is 1.82. The van der Waals surface area contributed by atoms with Crippen LogP contribution in [0.1, 0.15) is 15.4 Å². The van der Waals surface area contributed by atoms with E-state index in [4.69, 9.17) is 4.74 Å². The Hall–Kier alpha value is -3.06. The highest BCUT2D eigenvalue weighted by Gasteiger charge is 2.12. The zero-order chi connectivity index (χ0) is 17.8. The molecule has 0 radical (unpaired) electrons. The van der Waals surface area contributed by atoms with E-state index >= 15 is 0 Å². The summed E-state index contributed by atoms with van der Waals surface area (Å²) in [4.78, 5) is 16.7. The van der Waals surface area contributed by atoms with E-state index in [9.17, 15) is 15.0 Å². The van der Waals surface area contributed by atoms with Crippen LogP contribution in [-0.2, 0) is 6.54 Å². The van der Waals surface area contributed by atoms with E-state index in [1.807, 2.05) is 5.38 Å². The minimum absolute atomic E-state index is 0.178. The van der Waals surface area contributed by atoms with Crippen molar-refractivity contribution in [2.45, 2.75) is 6.54 Å². The molecule has 1 amide bonds. The van der Waals surface area contributed by atoms with Crippen LogP contribution in [0.5, 0.6) is 17.2 Å². The van der Waals surface area contributed by atoms with Crippen molar-refractivity contribution in [3.63, 3.8) is 0 Å². The molecular formula is C18H16N2O4S. The summed E-state index contributed by atoms with van der Waals surface area (Å²) >= 11 is 1.40. The maximum atomic E-state index is 12.3. The summed E-state index contributed by atoms with van der Waals surface area (Å²) in [6, 6.07) is 11.5. The predicted molar refractivity (Wildman–Crippen MR) is 95.0 cm³/mol. The van der Waals surface area contributed by atoms with Crippen molar-refractivity contribution < 1.29 is 19.7 Å². The van der Waals surface area contributed by atoms with Crippen molar-refractivity contribution in [2.75, 3.05) is 7.11 Å². The maximum absolute atomic E-state index is 12.3. The predicted octanol–water partition coefficient (Wildman–Crippen LogP) is 3.16. The Labute approximate surface area is 148 Å². The summed E-state index contributed by atoms with van der Waals surface area (Å²) in [5, 5.41) is 24.3. The molecule has 128 valence electrons. The summed E-state index contributed by atoms with van der Waals surface area (Å²) < 4.78 is 5.18. The van der Waals surface area contributed by atoms with Crippen molar-refractivity contribution in [1.29, 1.82) is 0 Å². The Morgan fingerprint density at radius 2 is 2.00 bits per heavy atom. The van der Waals surface area contributed by atoms with E-state index in [2.05, 4.69) is 10.3 Å². The Morgan fingerprint density at radius 3 is 2.76 bits per heavy atom. The molecule has 1 heterocycles. The topological polar surface area (TPSA) is 91.7 Å². The molecule has 0 fully saturated rings. The molecule has 25 heavy (non-hydrogen) atoms. The lowest BCUT2D eigenvalue weighted by molar-refractivity contribution is 0.0948. The van der Waals surface area contributed by atoms with Gasteiger partial charge in [0.05, 0.1) is 24.9 Å². The van der Waals surface area contributed by atoms with Gasteiger partial charge >= 0.3 is 0 Å². The first-order valence-corrected chi connectivity index (χ1v) is 8.34. The highest BCUT2D eigenvalue weighted by Crippen LogP contribution is 2.31. The molecule has 0 saturated heterocycles. The first-order valence-electron chi connectivity index (χ1n) is 7.46. The number of para-hydroxylation sites is 1. The summed E-state index contributed by atoms with van der Waals surface area (Å²) in [6.07, 6.45) is 0. The number of methoxy groups -OCH3 is 1. The summed E-state index contributed by atoms with van der Waals surface area (Å²) in [5.74, 6) is -0.101. The van der Waals surface area contributed by atoms with Gasteiger partial charge in [0, 0.05) is 10.9 Å². The highest BCUT2D eigenvalue weighted by molar-refractivity contribution is 7.09. The molecule has 0 aliphatic carbocycles. The molecule has 0 atom stereocenters. The smallest absolute Gasteiger partial charge is 0.255 e. The zero-order valence-corrected chi connectivity index (χ0v) is 14.2. The molecule has 0 spiro atoms. The SMILES string of the molecule is COc1ccccc1C(=O)NCc1nc(-c2ccc(O)c(O)c2)cs1. The molecule has 0 saturated carbocycles. The van der Waals surface area contributed by atoms with Crippen molar-refractivity contribution in [3.8, 4) is 28.5 Å². The summed E-state index contributed by atoms with van der Waals surface area (Å²) in [6.45, 7) is 0.283. The number of thiazole rings is 1. The number of carbonyl (C=O) groups excluding carboxylic acids is 1. The number of aromatic nitrogens is 1. The Bertz CT molecular complexity index is 908. The fourth-order valence-electron chi connectivity index (χ4n) is 2.29. The summed E-state index contributed by atoms with van der Waals surface area (Å²) in [7, 11) is 1.52. The Kier molecular flexibility index (Phi) is 4.85. The molecule has 6 nitrogen and oxygen atoms in total. The van der Waals surface area contributed by atoms with Gasteiger partial charge in [0.2, 0.25) is 0 Å². The van der Waals surface area contributed by atoms with E-state index in [1.165, 1.54) is 30.6 Å². The van der Waals surface area contributed by atoms with Crippen LogP contribution in [0.15, 0.2) is 47.8 Å². The van der Waals surface area contributed by atoms with Crippen molar-refractivity contribution in [1.82, 2.24) is 10.3 Å². The second-order valence-electron chi connectivity index (χ2n) is 5.21. The molecule has 7 heteroatoms. The lowest BCUT2D eigenvalue weighted by Crippen LogP contribution is -2.23. The average molecular weight is 356 g/mol. The third-order valence-corrected chi connectivity index (χ3v) is 4.42. The number of hydrogen-bond donors (Lipinski definition) is 3. The number of phenolic OH excluding ortho intramolecular Hbond substituents is 2. The maximum Gasteiger partial charge on any atom is 0.255 e. The van der Waals surface area contributed by atoms with Crippen LogP contribution in [0.2, 0.25) is 0 Å². The third-order valence-electron chi connectivity index (χ3n) is 3.57. The molecule has 3 aromatic rings. The molecular weight excluding hydrogens is 340 g/mol. The monoisotopic (exact) mass is 356 g/mol. The van der Waals surface area contributed by atoms with Gasteiger partial charge in [0.25, 0.3) is 5.91 Å². The number of hydrogen-bond acceptors (Lipinski definition) is 6. The number of carbonyl (C=O) groups is 1. The Morgan fingerprint density at radius 1 is 1.20 bits per heavy atom. The van der Waals surface area contributed by atoms with Crippen LogP contribution in [0.4, 0.5) is 0 Å². The quantitative estimate of drug-likeness (QED) is 0.611. The van der Waals surface area contributed by atoms with Gasteiger partial charge in [-0.1, -0.05) is 12.1 Å². The second kappa shape index (κ2) is 7.23. The van der Waals surface area contributed by atoms with Gasteiger partial charge in [-0.2, -0.15) is 0 Å². The van der Waals surface area contributed by atoms with Gasteiger partial charge in [-0.05, 0) is 30.3 Å². The lowest BCUT2D eigenvalue weighted by Gasteiger charge is -2.07. The van der Waals surface area contributed by atoms with Crippen LogP contribution in [0.25, 0.3) is 11.3 Å². The van der Waals surface area contributed by atoms with Gasteiger partial charge in [-0.15, -0.1) is 11.3 Å². The van der Waals surface area contributed by atoms with Gasteiger partial charge in [0.15, 0.2) is 11.5 Å². The van der Waals surface area contributed by atoms with Crippen LogP contribution >= 0.6 is 11.3 Å². The van der Waals surface area contributed by atoms with E-state index < -0.39 is 0 Å². The van der Waals surface area contributed by atoms with Crippen LogP contribution in [0.3, 0.4) is 0 Å². The molecule has 0 unspecified atom stereocenters. The van der Waals surface area contributed by atoms with Crippen molar-refractivity contribution in [2.24, 2.45) is 0 Å². The number of nitrogens with one attached hydrogen (secondary N) is 1. The lowest BCUT2D eigenvalue weighted by atomic mass is 10.1. The Balaban J connectivity index is 1.69. The van der Waals surface area contributed by atoms with E-state index in [1.54, 1.807) is 30.3 Å². The highest BCUT2D eigenvalue weighted by atomic mass is 32.1. The molecule has 1 aromatic heterocycles.